The quantitative estimate of drug-likeness (QED) is 0.888. The zero-order chi connectivity index (χ0) is 14.3. The number of nitrogens with two attached hydrogens (primary N) is 1. The van der Waals surface area contributed by atoms with Gasteiger partial charge in [0.25, 0.3) is 0 Å². The second kappa shape index (κ2) is 4.64. The Labute approximate surface area is 115 Å². The second-order valence-electron chi connectivity index (χ2n) is 6.54. The number of rotatable bonds is 2. The van der Waals surface area contributed by atoms with E-state index in [1.54, 1.807) is 0 Å². The van der Waals surface area contributed by atoms with E-state index in [0.29, 0.717) is 0 Å². The molecule has 1 aromatic rings. The van der Waals surface area contributed by atoms with Gasteiger partial charge in [0.2, 0.25) is 5.91 Å². The number of benzene rings is 1. The molecule has 0 fully saturated rings. The number of carbonyl (C=O) groups excluding carboxylic acids is 1. The summed E-state index contributed by atoms with van der Waals surface area (Å²) in [6, 6.07) is 8.16. The van der Waals surface area contributed by atoms with Crippen molar-refractivity contribution in [3.63, 3.8) is 0 Å². The van der Waals surface area contributed by atoms with Crippen LogP contribution in [0.1, 0.15) is 39.7 Å². The van der Waals surface area contributed by atoms with Crippen molar-refractivity contribution in [2.24, 2.45) is 11.1 Å². The first kappa shape index (κ1) is 14.1. The third-order valence-electron chi connectivity index (χ3n) is 4.50. The molecule has 0 radical (unpaired) electrons. The highest BCUT2D eigenvalue weighted by atomic mass is 16.2. The summed E-state index contributed by atoms with van der Waals surface area (Å²) in [4.78, 5) is 14.8. The van der Waals surface area contributed by atoms with Crippen LogP contribution < -0.4 is 10.6 Å². The molecule has 0 atom stereocenters. The Balaban J connectivity index is 2.37. The van der Waals surface area contributed by atoms with Crippen LogP contribution in [-0.4, -0.2) is 18.0 Å². The summed E-state index contributed by atoms with van der Waals surface area (Å²) in [6.45, 7) is 8.50. The van der Waals surface area contributed by atoms with Gasteiger partial charge in [-0.2, -0.15) is 0 Å². The van der Waals surface area contributed by atoms with E-state index in [9.17, 15) is 4.79 Å². The molecule has 0 bridgehead atoms. The summed E-state index contributed by atoms with van der Waals surface area (Å²) in [5, 5.41) is 0. The third-order valence-corrected chi connectivity index (χ3v) is 4.50. The Morgan fingerprint density at radius 3 is 2.47 bits per heavy atom. The SMILES string of the molecule is CC(C)(N)C(C)(C)C(=O)N1CCCc2ccccc21. The van der Waals surface area contributed by atoms with Crippen LogP contribution in [0.3, 0.4) is 0 Å². The molecule has 3 heteroatoms. The first-order valence-electron chi connectivity index (χ1n) is 6.94. The van der Waals surface area contributed by atoms with E-state index in [4.69, 9.17) is 5.73 Å². The second-order valence-corrected chi connectivity index (χ2v) is 6.54. The van der Waals surface area contributed by atoms with Gasteiger partial charge in [-0.25, -0.2) is 0 Å². The number of para-hydroxylation sites is 1. The lowest BCUT2D eigenvalue weighted by Crippen LogP contribution is -2.57. The molecule has 1 amide bonds. The molecule has 3 nitrogen and oxygen atoms in total. The first-order valence-corrected chi connectivity index (χ1v) is 6.94. The Bertz CT molecular complexity index is 486. The average Bonchev–Trinajstić information content (AvgIpc) is 2.36. The summed E-state index contributed by atoms with van der Waals surface area (Å²) < 4.78 is 0. The average molecular weight is 260 g/mol. The summed E-state index contributed by atoms with van der Waals surface area (Å²) in [5.41, 5.74) is 7.37. The van der Waals surface area contributed by atoms with Gasteiger partial charge in [0.15, 0.2) is 0 Å². The minimum Gasteiger partial charge on any atom is -0.325 e. The van der Waals surface area contributed by atoms with Crippen molar-refractivity contribution in [3.8, 4) is 0 Å². The van der Waals surface area contributed by atoms with E-state index < -0.39 is 11.0 Å². The van der Waals surface area contributed by atoms with Gasteiger partial charge in [0.1, 0.15) is 0 Å². The fourth-order valence-electron chi connectivity index (χ4n) is 2.36. The molecule has 19 heavy (non-hydrogen) atoms. The largest absolute Gasteiger partial charge is 0.325 e. The van der Waals surface area contributed by atoms with Crippen LogP contribution in [0.5, 0.6) is 0 Å². The molecule has 0 unspecified atom stereocenters. The molecule has 1 aliphatic heterocycles. The molecule has 0 spiro atoms. The lowest BCUT2D eigenvalue weighted by Gasteiger charge is -2.42. The molecule has 1 aliphatic rings. The maximum atomic E-state index is 12.9. The van der Waals surface area contributed by atoms with Gasteiger partial charge in [-0.05, 0) is 52.2 Å². The summed E-state index contributed by atoms with van der Waals surface area (Å²) >= 11 is 0. The molecular formula is C16H24N2O. The van der Waals surface area contributed by atoms with Gasteiger partial charge in [0, 0.05) is 17.8 Å². The number of hydrogen-bond acceptors (Lipinski definition) is 2. The molecule has 0 aromatic heterocycles. The topological polar surface area (TPSA) is 46.3 Å². The number of amides is 1. The van der Waals surface area contributed by atoms with Crippen molar-refractivity contribution in [2.45, 2.75) is 46.1 Å². The zero-order valence-corrected chi connectivity index (χ0v) is 12.4. The molecular weight excluding hydrogens is 236 g/mol. The zero-order valence-electron chi connectivity index (χ0n) is 12.4. The fourth-order valence-corrected chi connectivity index (χ4v) is 2.36. The minimum absolute atomic E-state index is 0.118. The first-order chi connectivity index (χ1) is 8.75. The molecule has 1 aromatic carbocycles. The van der Waals surface area contributed by atoms with Crippen molar-refractivity contribution in [1.82, 2.24) is 0 Å². The Morgan fingerprint density at radius 1 is 1.21 bits per heavy atom. The summed E-state index contributed by atoms with van der Waals surface area (Å²) in [7, 11) is 0. The highest BCUT2D eigenvalue weighted by molar-refractivity contribution is 5.99. The van der Waals surface area contributed by atoms with Gasteiger partial charge in [-0.1, -0.05) is 18.2 Å². The van der Waals surface area contributed by atoms with E-state index in [2.05, 4.69) is 6.07 Å². The Hall–Kier alpha value is -1.35. The number of fused-ring (bicyclic) bond motifs is 1. The Kier molecular flexibility index (Phi) is 3.43. The lowest BCUT2D eigenvalue weighted by molar-refractivity contribution is -0.129. The maximum Gasteiger partial charge on any atom is 0.234 e. The van der Waals surface area contributed by atoms with Crippen molar-refractivity contribution in [1.29, 1.82) is 0 Å². The molecule has 1 heterocycles. The predicted molar refractivity (Wildman–Crippen MR) is 79.2 cm³/mol. The fraction of sp³-hybridized carbons (Fsp3) is 0.562. The van der Waals surface area contributed by atoms with Gasteiger partial charge >= 0.3 is 0 Å². The number of aryl methyl sites for hydroxylation is 1. The predicted octanol–water partition coefficient (Wildman–Crippen LogP) is 2.73. The smallest absolute Gasteiger partial charge is 0.234 e. The number of hydrogen-bond donors (Lipinski definition) is 1. The highest BCUT2D eigenvalue weighted by Gasteiger charge is 2.43. The van der Waals surface area contributed by atoms with E-state index in [-0.39, 0.29) is 5.91 Å². The minimum atomic E-state index is -0.586. The molecule has 2 N–H and O–H groups in total. The van der Waals surface area contributed by atoms with Gasteiger partial charge in [0.05, 0.1) is 5.41 Å². The number of nitrogens with zero attached hydrogens (tertiary/aromatic N) is 1. The van der Waals surface area contributed by atoms with Crippen LogP contribution in [0.15, 0.2) is 24.3 Å². The molecule has 0 saturated carbocycles. The van der Waals surface area contributed by atoms with Gasteiger partial charge < -0.3 is 10.6 Å². The van der Waals surface area contributed by atoms with Crippen LogP contribution in [0.4, 0.5) is 5.69 Å². The standard InChI is InChI=1S/C16H24N2O/c1-15(2,16(3,4)17)14(19)18-11-7-9-12-8-5-6-10-13(12)18/h5-6,8,10H,7,9,11,17H2,1-4H3. The van der Waals surface area contributed by atoms with Crippen molar-refractivity contribution < 1.29 is 4.79 Å². The molecule has 2 rings (SSSR count). The van der Waals surface area contributed by atoms with Crippen LogP contribution in [0, 0.1) is 5.41 Å². The molecule has 0 saturated heterocycles. The Morgan fingerprint density at radius 2 is 1.84 bits per heavy atom. The third kappa shape index (κ3) is 2.39. The number of carbonyl (C=O) groups is 1. The number of anilines is 1. The van der Waals surface area contributed by atoms with Crippen LogP contribution in [0.2, 0.25) is 0 Å². The maximum absolute atomic E-state index is 12.9. The van der Waals surface area contributed by atoms with E-state index in [0.717, 1.165) is 25.1 Å². The normalized spacial score (nSPS) is 16.2. The monoisotopic (exact) mass is 260 g/mol. The van der Waals surface area contributed by atoms with Crippen molar-refractivity contribution in [3.05, 3.63) is 29.8 Å². The molecule has 104 valence electrons. The van der Waals surface area contributed by atoms with Crippen LogP contribution in [0.25, 0.3) is 0 Å². The van der Waals surface area contributed by atoms with E-state index in [1.165, 1.54) is 5.56 Å². The lowest BCUT2D eigenvalue weighted by atomic mass is 9.73. The summed E-state index contributed by atoms with van der Waals surface area (Å²) in [5.74, 6) is 0.118. The van der Waals surface area contributed by atoms with Gasteiger partial charge in [-0.15, -0.1) is 0 Å². The van der Waals surface area contributed by atoms with Gasteiger partial charge in [-0.3, -0.25) is 4.79 Å². The van der Waals surface area contributed by atoms with Crippen LogP contribution >= 0.6 is 0 Å². The summed E-state index contributed by atoms with van der Waals surface area (Å²) in [6.07, 6.45) is 2.07. The highest BCUT2D eigenvalue weighted by Crippen LogP contribution is 2.35. The van der Waals surface area contributed by atoms with E-state index in [1.807, 2.05) is 50.8 Å². The van der Waals surface area contributed by atoms with Crippen molar-refractivity contribution >= 4 is 11.6 Å². The molecule has 0 aliphatic carbocycles. The van der Waals surface area contributed by atoms with Crippen molar-refractivity contribution in [2.75, 3.05) is 11.4 Å². The van der Waals surface area contributed by atoms with E-state index >= 15 is 0 Å². The van der Waals surface area contributed by atoms with Crippen LogP contribution in [-0.2, 0) is 11.2 Å².